The maximum Gasteiger partial charge on any atom is 0.397 e. The second kappa shape index (κ2) is 15.4. The van der Waals surface area contributed by atoms with Crippen LogP contribution in [0.25, 0.3) is 10.9 Å². The first kappa shape index (κ1) is 35.4. The van der Waals surface area contributed by atoms with E-state index >= 15 is 0 Å². The van der Waals surface area contributed by atoms with Gasteiger partial charge in [-0.05, 0) is 55.3 Å². The standard InChI is InChI=1S/C33H32F5N5O5/c1-42(2)29(45)11-4-3-8-25(40-28(44)17-33(36,37)38)31(46)41-26-9-6-14-43(32(26)47)18-23-15-20-7-5-10-27(30(20)39-23)48-19-21-12-13-22(34)16-24(21)35/h4-7,9-16,25,39H,3,8,17-19H2,1-2H3,(H,40,44)(H,41,46)/b11-4+. The molecule has 2 aromatic heterocycles. The zero-order valence-corrected chi connectivity index (χ0v) is 25.9. The number of pyridine rings is 1. The second-order valence-corrected chi connectivity index (χ2v) is 11.0. The van der Waals surface area contributed by atoms with Gasteiger partial charge in [0.15, 0.2) is 0 Å². The number of aromatic amines is 1. The van der Waals surface area contributed by atoms with Crippen molar-refractivity contribution in [2.45, 2.75) is 44.6 Å². The van der Waals surface area contributed by atoms with Gasteiger partial charge in [0, 0.05) is 43.0 Å². The third-order valence-electron chi connectivity index (χ3n) is 7.03. The Hall–Kier alpha value is -5.47. The molecule has 0 spiro atoms. The minimum atomic E-state index is -4.80. The summed E-state index contributed by atoms with van der Waals surface area (Å²) in [5.41, 5.74) is 0.466. The van der Waals surface area contributed by atoms with Gasteiger partial charge in [0.1, 0.15) is 42.1 Å². The van der Waals surface area contributed by atoms with Gasteiger partial charge in [-0.2, -0.15) is 13.2 Å². The van der Waals surface area contributed by atoms with Gasteiger partial charge in [-0.15, -0.1) is 0 Å². The number of likely N-dealkylation sites (N-methyl/N-ethyl adjacent to an activating group) is 1. The van der Waals surface area contributed by atoms with Crippen molar-refractivity contribution in [3.8, 4) is 5.75 Å². The molecule has 48 heavy (non-hydrogen) atoms. The van der Waals surface area contributed by atoms with Gasteiger partial charge in [0.05, 0.1) is 12.1 Å². The normalized spacial score (nSPS) is 12.2. The summed E-state index contributed by atoms with van der Waals surface area (Å²) >= 11 is 0. The van der Waals surface area contributed by atoms with E-state index in [9.17, 15) is 41.1 Å². The molecule has 0 aliphatic heterocycles. The Kier molecular flexibility index (Phi) is 11.4. The van der Waals surface area contributed by atoms with Crippen molar-refractivity contribution in [1.29, 1.82) is 0 Å². The van der Waals surface area contributed by atoms with Gasteiger partial charge in [-0.1, -0.05) is 18.2 Å². The number of nitrogens with zero attached hydrogens (tertiary/aromatic N) is 2. The van der Waals surface area contributed by atoms with Gasteiger partial charge >= 0.3 is 6.18 Å². The Balaban J connectivity index is 1.48. The first-order valence-electron chi connectivity index (χ1n) is 14.6. The van der Waals surface area contributed by atoms with Crippen molar-refractivity contribution in [3.63, 3.8) is 0 Å². The number of hydrogen-bond donors (Lipinski definition) is 3. The number of amides is 3. The molecule has 3 amide bonds. The van der Waals surface area contributed by atoms with Crippen molar-refractivity contribution in [2.75, 3.05) is 19.4 Å². The van der Waals surface area contributed by atoms with E-state index in [1.807, 2.05) is 0 Å². The lowest BCUT2D eigenvalue weighted by molar-refractivity contribution is -0.155. The Morgan fingerprint density at radius 2 is 1.83 bits per heavy atom. The van der Waals surface area contributed by atoms with E-state index in [0.717, 1.165) is 17.5 Å². The van der Waals surface area contributed by atoms with Crippen LogP contribution >= 0.6 is 0 Å². The molecule has 4 aromatic rings. The molecule has 15 heteroatoms. The Morgan fingerprint density at radius 1 is 1.06 bits per heavy atom. The smallest absolute Gasteiger partial charge is 0.397 e. The molecular formula is C33H32F5N5O5. The van der Waals surface area contributed by atoms with Gasteiger partial charge < -0.3 is 29.8 Å². The van der Waals surface area contributed by atoms with Crippen LogP contribution in [0.5, 0.6) is 5.75 Å². The molecule has 0 saturated heterocycles. The highest BCUT2D eigenvalue weighted by Gasteiger charge is 2.33. The van der Waals surface area contributed by atoms with E-state index in [4.69, 9.17) is 4.74 Å². The Labute approximate surface area is 271 Å². The first-order valence-corrected chi connectivity index (χ1v) is 14.6. The van der Waals surface area contributed by atoms with Crippen LogP contribution in [0.2, 0.25) is 0 Å². The van der Waals surface area contributed by atoms with Crippen molar-refractivity contribution in [3.05, 3.63) is 106 Å². The molecule has 0 radical (unpaired) electrons. The molecule has 4 rings (SSSR count). The number of rotatable bonds is 13. The van der Waals surface area contributed by atoms with E-state index in [0.29, 0.717) is 17.0 Å². The van der Waals surface area contributed by atoms with Crippen LogP contribution in [0.4, 0.5) is 27.6 Å². The minimum absolute atomic E-state index is 0.0136. The number of alkyl halides is 3. The molecule has 0 aliphatic rings. The minimum Gasteiger partial charge on any atom is -0.487 e. The fourth-order valence-electron chi connectivity index (χ4n) is 4.64. The number of nitrogens with one attached hydrogen (secondary N) is 3. The highest BCUT2D eigenvalue weighted by atomic mass is 19.4. The lowest BCUT2D eigenvalue weighted by atomic mass is 10.1. The molecule has 0 bridgehead atoms. The summed E-state index contributed by atoms with van der Waals surface area (Å²) in [6, 6.07) is 11.5. The number of carbonyl (C=O) groups is 3. The molecule has 3 N–H and O–H groups in total. The molecular weight excluding hydrogens is 641 g/mol. The molecule has 254 valence electrons. The van der Waals surface area contributed by atoms with Crippen LogP contribution in [-0.4, -0.2) is 58.5 Å². The zero-order chi connectivity index (χ0) is 35.0. The number of fused-ring (bicyclic) bond motifs is 1. The van der Waals surface area contributed by atoms with Crippen molar-refractivity contribution < 1.29 is 41.1 Å². The Bertz CT molecular complexity index is 1880. The third kappa shape index (κ3) is 9.77. The molecule has 1 atom stereocenters. The predicted octanol–water partition coefficient (Wildman–Crippen LogP) is 5.04. The van der Waals surface area contributed by atoms with E-state index in [-0.39, 0.29) is 43.2 Å². The number of carbonyl (C=O) groups excluding carboxylic acids is 3. The van der Waals surface area contributed by atoms with Gasteiger partial charge in [0.25, 0.3) is 5.56 Å². The lowest BCUT2D eigenvalue weighted by Crippen LogP contribution is -2.45. The number of ether oxygens (including phenoxy) is 1. The first-order chi connectivity index (χ1) is 22.7. The second-order valence-electron chi connectivity index (χ2n) is 11.0. The van der Waals surface area contributed by atoms with Crippen molar-refractivity contribution in [2.24, 2.45) is 0 Å². The topological polar surface area (TPSA) is 126 Å². The molecule has 0 saturated carbocycles. The summed E-state index contributed by atoms with van der Waals surface area (Å²) in [5.74, 6) is -3.76. The van der Waals surface area contributed by atoms with Crippen LogP contribution in [0.1, 0.15) is 30.5 Å². The largest absolute Gasteiger partial charge is 0.487 e. The van der Waals surface area contributed by atoms with Crippen LogP contribution in [-0.2, 0) is 27.5 Å². The molecule has 0 aliphatic carbocycles. The quantitative estimate of drug-likeness (QED) is 0.136. The van der Waals surface area contributed by atoms with Gasteiger partial charge in [-0.25, -0.2) is 8.78 Å². The summed E-state index contributed by atoms with van der Waals surface area (Å²) < 4.78 is 72.8. The maximum absolute atomic E-state index is 14.1. The lowest BCUT2D eigenvalue weighted by Gasteiger charge is -2.19. The number of hydrogen-bond acceptors (Lipinski definition) is 5. The number of halogens is 5. The van der Waals surface area contributed by atoms with Crippen LogP contribution < -0.4 is 20.9 Å². The van der Waals surface area contributed by atoms with Crippen LogP contribution in [0, 0.1) is 11.6 Å². The fourth-order valence-corrected chi connectivity index (χ4v) is 4.64. The monoisotopic (exact) mass is 673 g/mol. The summed E-state index contributed by atoms with van der Waals surface area (Å²) in [6.45, 7) is -0.150. The van der Waals surface area contributed by atoms with E-state index < -0.39 is 47.6 Å². The highest BCUT2D eigenvalue weighted by molar-refractivity contribution is 5.97. The van der Waals surface area contributed by atoms with Crippen molar-refractivity contribution in [1.82, 2.24) is 19.8 Å². The molecule has 10 nitrogen and oxygen atoms in total. The summed E-state index contributed by atoms with van der Waals surface area (Å²) in [4.78, 5) is 54.7. The van der Waals surface area contributed by atoms with Gasteiger partial charge in [-0.3, -0.25) is 19.2 Å². The number of allylic oxidation sites excluding steroid dienone is 1. The summed E-state index contributed by atoms with van der Waals surface area (Å²) in [6.07, 6.45) is -2.57. The van der Waals surface area contributed by atoms with Crippen LogP contribution in [0.15, 0.2) is 77.7 Å². The average Bonchev–Trinajstić information content (AvgIpc) is 3.42. The van der Waals surface area contributed by atoms with Crippen LogP contribution in [0.3, 0.4) is 0 Å². The number of H-pyrrole nitrogens is 1. The zero-order valence-electron chi connectivity index (χ0n) is 25.9. The third-order valence-corrected chi connectivity index (χ3v) is 7.03. The SMILES string of the molecule is CN(C)C(=O)/C=C/CCC(NC(=O)CC(F)(F)F)C(=O)Nc1cccn(Cc2cc3cccc(OCc4ccc(F)cc4F)c3[nH]2)c1=O. The Morgan fingerprint density at radius 3 is 2.54 bits per heavy atom. The predicted molar refractivity (Wildman–Crippen MR) is 167 cm³/mol. The molecule has 0 fully saturated rings. The van der Waals surface area contributed by atoms with Crippen molar-refractivity contribution >= 4 is 34.3 Å². The number of para-hydroxylation sites is 1. The molecule has 2 heterocycles. The van der Waals surface area contributed by atoms with E-state index in [2.05, 4.69) is 15.6 Å². The van der Waals surface area contributed by atoms with E-state index in [1.165, 1.54) is 60.1 Å². The fraction of sp³-hybridized carbons (Fsp3) is 0.273. The van der Waals surface area contributed by atoms with Gasteiger partial charge in [0.2, 0.25) is 17.7 Å². The highest BCUT2D eigenvalue weighted by Crippen LogP contribution is 2.27. The number of aromatic nitrogens is 2. The average molecular weight is 674 g/mol. The molecule has 1 unspecified atom stereocenters. The number of benzene rings is 2. The summed E-state index contributed by atoms with van der Waals surface area (Å²) in [7, 11) is 3.05. The molecule has 2 aromatic carbocycles. The van der Waals surface area contributed by atoms with E-state index in [1.54, 1.807) is 24.3 Å². The maximum atomic E-state index is 14.1. The number of anilines is 1. The summed E-state index contributed by atoms with van der Waals surface area (Å²) in [5, 5.41) is 5.18.